The van der Waals surface area contributed by atoms with Crippen LogP contribution in [0.3, 0.4) is 0 Å². The van der Waals surface area contributed by atoms with E-state index >= 15 is 0 Å². The number of hydrogen-bond donors (Lipinski definition) is 0. The van der Waals surface area contributed by atoms with Gasteiger partial charge in [-0.15, -0.1) is 11.3 Å². The third-order valence-corrected chi connectivity index (χ3v) is 5.59. The third-order valence-electron chi connectivity index (χ3n) is 4.64. The first-order valence-corrected chi connectivity index (χ1v) is 9.19. The fourth-order valence-corrected chi connectivity index (χ4v) is 4.39. The van der Waals surface area contributed by atoms with E-state index in [1.54, 1.807) is 11.3 Å². The molecule has 2 atom stereocenters. The number of rotatable bonds is 2. The minimum absolute atomic E-state index is 0.0580. The van der Waals surface area contributed by atoms with Crippen molar-refractivity contribution in [3.05, 3.63) is 16.1 Å². The number of aromatic nitrogens is 1. The van der Waals surface area contributed by atoms with Crippen molar-refractivity contribution in [3.8, 4) is 0 Å². The second-order valence-corrected chi connectivity index (χ2v) is 8.31. The van der Waals surface area contributed by atoms with Gasteiger partial charge in [0.1, 0.15) is 5.01 Å². The molecule has 3 heterocycles. The van der Waals surface area contributed by atoms with Crippen molar-refractivity contribution in [1.82, 2.24) is 9.88 Å². The predicted octanol–water partition coefficient (Wildman–Crippen LogP) is 3.53. The Labute approximate surface area is 136 Å². The average molecular weight is 322 g/mol. The molecule has 3 rings (SSSR count). The van der Waals surface area contributed by atoms with Gasteiger partial charge in [0.2, 0.25) is 5.91 Å². The highest BCUT2D eigenvalue weighted by Gasteiger charge is 2.35. The summed E-state index contributed by atoms with van der Waals surface area (Å²) >= 11 is 1.71. The smallest absolute Gasteiger partial charge is 0.228 e. The van der Waals surface area contributed by atoms with E-state index in [9.17, 15) is 4.79 Å². The molecular formula is C17H26N2O2S. The van der Waals surface area contributed by atoms with Gasteiger partial charge >= 0.3 is 0 Å². The molecule has 2 saturated heterocycles. The maximum absolute atomic E-state index is 12.8. The summed E-state index contributed by atoms with van der Waals surface area (Å²) in [6.07, 6.45) is 4.19. The first-order chi connectivity index (χ1) is 10.5. The molecule has 2 aliphatic rings. The largest absolute Gasteiger partial charge is 0.381 e. The number of nitrogens with zero attached hydrogens (tertiary/aromatic N) is 2. The van der Waals surface area contributed by atoms with Crippen molar-refractivity contribution >= 4 is 17.2 Å². The molecule has 0 N–H and O–H groups in total. The average Bonchev–Trinajstić information content (AvgIpc) is 3.17. The van der Waals surface area contributed by atoms with Crippen LogP contribution in [0.2, 0.25) is 0 Å². The quantitative estimate of drug-likeness (QED) is 0.836. The van der Waals surface area contributed by atoms with E-state index in [2.05, 4.69) is 31.1 Å². The number of likely N-dealkylation sites (tertiary alicyclic amines) is 1. The molecule has 1 aromatic rings. The Bertz CT molecular complexity index is 529. The van der Waals surface area contributed by atoms with E-state index in [1.165, 1.54) is 6.42 Å². The first-order valence-electron chi connectivity index (χ1n) is 8.31. The molecule has 4 nitrogen and oxygen atoms in total. The van der Waals surface area contributed by atoms with E-state index < -0.39 is 0 Å². The van der Waals surface area contributed by atoms with Crippen LogP contribution in [-0.2, 0) is 14.9 Å². The van der Waals surface area contributed by atoms with Crippen LogP contribution in [0.1, 0.15) is 63.2 Å². The number of carbonyl (C=O) groups is 1. The topological polar surface area (TPSA) is 42.4 Å². The van der Waals surface area contributed by atoms with E-state index in [-0.39, 0.29) is 23.3 Å². The van der Waals surface area contributed by atoms with E-state index in [0.29, 0.717) is 6.61 Å². The lowest BCUT2D eigenvalue weighted by atomic mass is 9.93. The van der Waals surface area contributed by atoms with Gasteiger partial charge in [-0.05, 0) is 25.7 Å². The standard InChI is InChI=1S/C17H26N2O2S/c1-17(2,3)14-11-22-15(18-14)13-6-4-5-8-19(13)16(20)12-7-9-21-10-12/h11-13H,4-10H2,1-3H3/t12-,13+/m1/s1. The van der Waals surface area contributed by atoms with Crippen molar-refractivity contribution in [3.63, 3.8) is 0 Å². The van der Waals surface area contributed by atoms with Gasteiger partial charge in [-0.2, -0.15) is 0 Å². The summed E-state index contributed by atoms with van der Waals surface area (Å²) in [6, 6.07) is 0.169. The maximum atomic E-state index is 12.8. The first kappa shape index (κ1) is 15.9. The number of piperidine rings is 1. The molecule has 2 fully saturated rings. The van der Waals surface area contributed by atoms with Crippen LogP contribution in [0.5, 0.6) is 0 Å². The normalized spacial score (nSPS) is 26.4. The second-order valence-electron chi connectivity index (χ2n) is 7.42. The molecule has 5 heteroatoms. The molecule has 0 radical (unpaired) electrons. The summed E-state index contributed by atoms with van der Waals surface area (Å²) in [4.78, 5) is 19.7. The van der Waals surface area contributed by atoms with Crippen molar-refractivity contribution in [2.75, 3.05) is 19.8 Å². The Balaban J connectivity index is 1.80. The molecule has 1 amide bonds. The molecule has 1 aromatic heterocycles. The zero-order valence-electron chi connectivity index (χ0n) is 13.8. The minimum Gasteiger partial charge on any atom is -0.381 e. The Morgan fingerprint density at radius 3 is 2.82 bits per heavy atom. The van der Waals surface area contributed by atoms with E-state index in [0.717, 1.165) is 43.1 Å². The number of hydrogen-bond acceptors (Lipinski definition) is 4. The van der Waals surface area contributed by atoms with Gasteiger partial charge in [-0.25, -0.2) is 4.98 Å². The van der Waals surface area contributed by atoms with Crippen molar-refractivity contribution in [1.29, 1.82) is 0 Å². The fourth-order valence-electron chi connectivity index (χ4n) is 3.20. The van der Waals surface area contributed by atoms with Crippen LogP contribution >= 0.6 is 11.3 Å². The Kier molecular flexibility index (Phi) is 4.55. The molecule has 0 bridgehead atoms. The Morgan fingerprint density at radius 1 is 1.36 bits per heavy atom. The van der Waals surface area contributed by atoms with Crippen molar-refractivity contribution in [2.45, 2.75) is 57.9 Å². The summed E-state index contributed by atoms with van der Waals surface area (Å²) in [6.45, 7) is 8.74. The highest BCUT2D eigenvalue weighted by atomic mass is 32.1. The summed E-state index contributed by atoms with van der Waals surface area (Å²) in [5, 5.41) is 3.27. The lowest BCUT2D eigenvalue weighted by Crippen LogP contribution is -2.42. The summed E-state index contributed by atoms with van der Waals surface area (Å²) in [5.41, 5.74) is 1.20. The highest BCUT2D eigenvalue weighted by molar-refractivity contribution is 7.09. The summed E-state index contributed by atoms with van der Waals surface area (Å²) < 4.78 is 5.40. The molecule has 0 unspecified atom stereocenters. The van der Waals surface area contributed by atoms with Gasteiger partial charge in [-0.1, -0.05) is 20.8 Å². The molecule has 0 aromatic carbocycles. The predicted molar refractivity (Wildman–Crippen MR) is 88.0 cm³/mol. The van der Waals surface area contributed by atoms with Gasteiger partial charge in [-0.3, -0.25) is 4.79 Å². The van der Waals surface area contributed by atoms with E-state index in [4.69, 9.17) is 9.72 Å². The summed E-state index contributed by atoms with van der Waals surface area (Å²) in [5.74, 6) is 0.331. The zero-order valence-corrected chi connectivity index (χ0v) is 14.6. The molecule has 122 valence electrons. The van der Waals surface area contributed by atoms with Crippen LogP contribution in [0.15, 0.2) is 5.38 Å². The number of carbonyl (C=O) groups excluding carboxylic acids is 1. The monoisotopic (exact) mass is 322 g/mol. The molecule has 0 spiro atoms. The van der Waals surface area contributed by atoms with Gasteiger partial charge in [0.25, 0.3) is 0 Å². The molecular weight excluding hydrogens is 296 g/mol. The minimum atomic E-state index is 0.0580. The van der Waals surface area contributed by atoms with Crippen molar-refractivity contribution in [2.24, 2.45) is 5.92 Å². The Hall–Kier alpha value is -0.940. The molecule has 2 aliphatic heterocycles. The van der Waals surface area contributed by atoms with Crippen LogP contribution in [-0.4, -0.2) is 35.5 Å². The van der Waals surface area contributed by atoms with Gasteiger partial charge in [0, 0.05) is 23.9 Å². The molecule has 0 aliphatic carbocycles. The van der Waals surface area contributed by atoms with Crippen LogP contribution < -0.4 is 0 Å². The lowest BCUT2D eigenvalue weighted by molar-refractivity contribution is -0.139. The molecule has 0 saturated carbocycles. The molecule has 22 heavy (non-hydrogen) atoms. The van der Waals surface area contributed by atoms with E-state index in [1.807, 2.05) is 0 Å². The third kappa shape index (κ3) is 3.20. The SMILES string of the molecule is CC(C)(C)c1csc([C@@H]2CCCCN2C(=O)[C@@H]2CCOC2)n1. The fraction of sp³-hybridized carbons (Fsp3) is 0.765. The highest BCUT2D eigenvalue weighted by Crippen LogP contribution is 2.36. The van der Waals surface area contributed by atoms with Crippen LogP contribution in [0.25, 0.3) is 0 Å². The van der Waals surface area contributed by atoms with Gasteiger partial charge < -0.3 is 9.64 Å². The van der Waals surface area contributed by atoms with Gasteiger partial charge in [0.05, 0.1) is 24.3 Å². The maximum Gasteiger partial charge on any atom is 0.228 e. The number of amides is 1. The van der Waals surface area contributed by atoms with Gasteiger partial charge in [0.15, 0.2) is 0 Å². The Morgan fingerprint density at radius 2 is 2.18 bits per heavy atom. The summed E-state index contributed by atoms with van der Waals surface area (Å²) in [7, 11) is 0. The zero-order chi connectivity index (χ0) is 15.7. The number of ether oxygens (including phenoxy) is 1. The van der Waals surface area contributed by atoms with Crippen LogP contribution in [0, 0.1) is 5.92 Å². The lowest BCUT2D eigenvalue weighted by Gasteiger charge is -2.36. The van der Waals surface area contributed by atoms with Crippen molar-refractivity contribution < 1.29 is 9.53 Å². The number of thiazole rings is 1. The second kappa shape index (κ2) is 6.28. The van der Waals surface area contributed by atoms with Crippen LogP contribution in [0.4, 0.5) is 0 Å².